The van der Waals surface area contributed by atoms with Crippen molar-refractivity contribution in [1.82, 2.24) is 5.32 Å². The predicted octanol–water partition coefficient (Wildman–Crippen LogP) is -0.363. The van der Waals surface area contributed by atoms with Crippen molar-refractivity contribution in [1.29, 1.82) is 0 Å². The van der Waals surface area contributed by atoms with Crippen LogP contribution in [0.15, 0.2) is 27.1 Å². The van der Waals surface area contributed by atoms with Gasteiger partial charge in [0.1, 0.15) is 5.54 Å². The van der Waals surface area contributed by atoms with E-state index in [1.54, 1.807) is 27.5 Å². The second kappa shape index (κ2) is 5.68. The number of fused-ring (bicyclic) bond motifs is 1. The zero-order valence-electron chi connectivity index (χ0n) is 13.7. The molecule has 24 heavy (non-hydrogen) atoms. The summed E-state index contributed by atoms with van der Waals surface area (Å²) < 4.78 is 16.1. The van der Waals surface area contributed by atoms with Crippen LogP contribution in [-0.4, -0.2) is 51.2 Å². The Bertz CT molecular complexity index is 722. The average molecular weight is 332 g/mol. The Morgan fingerprint density at radius 3 is 2.38 bits per heavy atom. The van der Waals surface area contributed by atoms with E-state index in [1.807, 2.05) is 12.1 Å². The molecule has 0 saturated carbocycles. The largest absolute Gasteiger partial charge is 0.493 e. The van der Waals surface area contributed by atoms with E-state index in [0.29, 0.717) is 23.7 Å². The molecule has 0 aliphatic carbocycles. The predicted molar refractivity (Wildman–Crippen MR) is 91.2 cm³/mol. The van der Waals surface area contributed by atoms with E-state index in [1.165, 1.54) is 6.34 Å². The second-order valence-electron chi connectivity index (χ2n) is 5.54. The number of methoxy groups -OCH3 is 3. The van der Waals surface area contributed by atoms with Crippen LogP contribution in [0.4, 0.5) is 0 Å². The van der Waals surface area contributed by atoms with Crippen molar-refractivity contribution < 1.29 is 14.2 Å². The molecule has 128 valence electrons. The highest BCUT2D eigenvalue weighted by Gasteiger charge is 2.53. The van der Waals surface area contributed by atoms with E-state index in [4.69, 9.17) is 25.7 Å². The maximum Gasteiger partial charge on any atom is 0.236 e. The molecule has 1 aromatic carbocycles. The number of aliphatic imine (C=N–C) groups is 3. The van der Waals surface area contributed by atoms with Gasteiger partial charge in [0.05, 0.1) is 27.7 Å². The van der Waals surface area contributed by atoms with Gasteiger partial charge in [0.25, 0.3) is 0 Å². The van der Waals surface area contributed by atoms with E-state index < -0.39 is 11.3 Å². The highest BCUT2D eigenvalue weighted by Crippen LogP contribution is 2.40. The van der Waals surface area contributed by atoms with Crippen molar-refractivity contribution in [3.8, 4) is 17.2 Å². The number of rotatable bonds is 5. The van der Waals surface area contributed by atoms with Crippen molar-refractivity contribution in [2.45, 2.75) is 17.7 Å². The molecule has 2 aliphatic heterocycles. The molecule has 0 spiro atoms. The molecule has 2 aliphatic rings. The SMILES string of the molecule is COc1cc(CC23C=NC(N)=NC2(N)N=CN3)cc(OC)c1OC. The number of nitrogens with two attached hydrogens (primary N) is 2. The zero-order valence-corrected chi connectivity index (χ0v) is 13.7. The molecule has 1 aromatic rings. The Labute approximate surface area is 139 Å². The van der Waals surface area contributed by atoms with Gasteiger partial charge < -0.3 is 25.3 Å². The first-order valence-corrected chi connectivity index (χ1v) is 7.26. The van der Waals surface area contributed by atoms with Gasteiger partial charge in [0.15, 0.2) is 11.5 Å². The van der Waals surface area contributed by atoms with Crippen LogP contribution < -0.4 is 31.0 Å². The zero-order chi connectivity index (χ0) is 17.4. The van der Waals surface area contributed by atoms with Crippen molar-refractivity contribution in [3.05, 3.63) is 17.7 Å². The summed E-state index contributed by atoms with van der Waals surface area (Å²) in [4.78, 5) is 12.5. The molecule has 3 rings (SSSR count). The number of nitrogens with zero attached hydrogens (tertiary/aromatic N) is 3. The van der Waals surface area contributed by atoms with Crippen LogP contribution in [0.5, 0.6) is 17.2 Å². The second-order valence-corrected chi connectivity index (χ2v) is 5.54. The lowest BCUT2D eigenvalue weighted by atomic mass is 9.85. The molecule has 9 nitrogen and oxygen atoms in total. The van der Waals surface area contributed by atoms with Crippen molar-refractivity contribution in [2.75, 3.05) is 21.3 Å². The van der Waals surface area contributed by atoms with E-state index in [0.717, 1.165) is 5.56 Å². The van der Waals surface area contributed by atoms with Crippen molar-refractivity contribution >= 4 is 18.5 Å². The fraction of sp³-hybridized carbons (Fsp3) is 0.400. The lowest BCUT2D eigenvalue weighted by molar-refractivity contribution is 0.309. The number of ether oxygens (including phenoxy) is 3. The molecular formula is C15H20N6O3. The maximum absolute atomic E-state index is 6.33. The van der Waals surface area contributed by atoms with Crippen LogP contribution in [0.1, 0.15) is 5.56 Å². The van der Waals surface area contributed by atoms with Crippen LogP contribution in [0, 0.1) is 0 Å². The molecular weight excluding hydrogens is 312 g/mol. The highest BCUT2D eigenvalue weighted by atomic mass is 16.5. The standard InChI is InChI=1S/C15H20N6O3/c1-22-10-4-9(5-11(23-2)12(10)24-3)6-14-7-18-13(16)21-15(14,17)20-8-19-14/h4-5,7-8H,6,17H2,1-3H3,(H2,16,21)(H,19,20). The minimum Gasteiger partial charge on any atom is -0.493 e. The van der Waals surface area contributed by atoms with E-state index >= 15 is 0 Å². The molecule has 0 aromatic heterocycles. The topological polar surface area (TPSA) is 129 Å². The maximum atomic E-state index is 6.33. The van der Waals surface area contributed by atoms with Gasteiger partial charge in [-0.1, -0.05) is 0 Å². The summed E-state index contributed by atoms with van der Waals surface area (Å²) in [6, 6.07) is 3.71. The molecule has 0 fully saturated rings. The van der Waals surface area contributed by atoms with Gasteiger partial charge >= 0.3 is 0 Å². The molecule has 2 atom stereocenters. The molecule has 2 heterocycles. The van der Waals surface area contributed by atoms with Gasteiger partial charge in [0.2, 0.25) is 17.5 Å². The highest BCUT2D eigenvalue weighted by molar-refractivity contribution is 5.95. The third-order valence-corrected chi connectivity index (χ3v) is 4.15. The fourth-order valence-electron chi connectivity index (χ4n) is 2.89. The van der Waals surface area contributed by atoms with Crippen LogP contribution in [0.2, 0.25) is 0 Å². The Hall–Kier alpha value is -2.81. The number of hydrogen-bond acceptors (Lipinski definition) is 9. The summed E-state index contributed by atoms with van der Waals surface area (Å²) in [5.41, 5.74) is 12.1. The van der Waals surface area contributed by atoms with Crippen LogP contribution in [-0.2, 0) is 6.42 Å². The number of benzene rings is 1. The van der Waals surface area contributed by atoms with E-state index in [9.17, 15) is 0 Å². The van der Waals surface area contributed by atoms with Gasteiger partial charge in [-0.05, 0) is 17.7 Å². The van der Waals surface area contributed by atoms with Crippen LogP contribution in [0.3, 0.4) is 0 Å². The molecule has 5 N–H and O–H groups in total. The van der Waals surface area contributed by atoms with Gasteiger partial charge in [-0.2, -0.15) is 0 Å². The molecule has 0 bridgehead atoms. The van der Waals surface area contributed by atoms with Crippen LogP contribution >= 0.6 is 0 Å². The molecule has 9 heteroatoms. The smallest absolute Gasteiger partial charge is 0.236 e. The molecule has 0 saturated heterocycles. The van der Waals surface area contributed by atoms with E-state index in [-0.39, 0.29) is 5.96 Å². The third-order valence-electron chi connectivity index (χ3n) is 4.15. The quantitative estimate of drug-likeness (QED) is 0.675. The van der Waals surface area contributed by atoms with Gasteiger partial charge in [0, 0.05) is 12.6 Å². The summed E-state index contributed by atoms with van der Waals surface area (Å²) >= 11 is 0. The lowest BCUT2D eigenvalue weighted by Gasteiger charge is -2.37. The summed E-state index contributed by atoms with van der Waals surface area (Å²) in [5, 5.41) is 3.14. The van der Waals surface area contributed by atoms with Gasteiger partial charge in [-0.3, -0.25) is 5.73 Å². The molecule has 2 unspecified atom stereocenters. The monoisotopic (exact) mass is 332 g/mol. The summed E-state index contributed by atoms with van der Waals surface area (Å²) in [6.07, 6.45) is 3.61. The normalized spacial score (nSPS) is 27.2. The average Bonchev–Trinajstić information content (AvgIpc) is 2.89. The van der Waals surface area contributed by atoms with E-state index in [2.05, 4.69) is 20.3 Å². The molecule has 0 amide bonds. The van der Waals surface area contributed by atoms with Crippen molar-refractivity contribution in [3.63, 3.8) is 0 Å². The Balaban J connectivity index is 2.01. The first kappa shape index (κ1) is 16.1. The lowest BCUT2D eigenvalue weighted by Crippen LogP contribution is -2.66. The summed E-state index contributed by atoms with van der Waals surface area (Å²) in [7, 11) is 4.69. The van der Waals surface area contributed by atoms with Crippen molar-refractivity contribution in [2.24, 2.45) is 26.4 Å². The Kier molecular flexibility index (Phi) is 3.80. The van der Waals surface area contributed by atoms with Gasteiger partial charge in [-0.25, -0.2) is 15.0 Å². The minimum atomic E-state index is -1.25. The minimum absolute atomic E-state index is 0.0962. The first-order valence-electron chi connectivity index (χ1n) is 7.26. The number of guanidine groups is 1. The van der Waals surface area contributed by atoms with Crippen LogP contribution in [0.25, 0.3) is 0 Å². The number of hydrogen-bond donors (Lipinski definition) is 3. The summed E-state index contributed by atoms with van der Waals surface area (Å²) in [5.74, 6) is 0.481. The fourth-order valence-corrected chi connectivity index (χ4v) is 2.89. The third kappa shape index (κ3) is 2.33. The first-order chi connectivity index (χ1) is 11.5. The van der Waals surface area contributed by atoms with Gasteiger partial charge in [-0.15, -0.1) is 0 Å². The Morgan fingerprint density at radius 1 is 1.12 bits per heavy atom. The summed E-state index contributed by atoms with van der Waals surface area (Å²) in [6.45, 7) is 0. The Morgan fingerprint density at radius 2 is 1.79 bits per heavy atom. The number of nitrogens with one attached hydrogen (secondary N) is 1. The molecule has 0 radical (unpaired) electrons.